The second kappa shape index (κ2) is 13.3. The lowest BCUT2D eigenvalue weighted by molar-refractivity contribution is -0.144. The molecule has 0 saturated carbocycles. The van der Waals surface area contributed by atoms with Gasteiger partial charge < -0.3 is 20.1 Å². The van der Waals surface area contributed by atoms with Crippen molar-refractivity contribution in [1.82, 2.24) is 10.2 Å². The molecule has 0 bridgehead atoms. The quantitative estimate of drug-likeness (QED) is 0.468. The van der Waals surface area contributed by atoms with E-state index in [-0.39, 0.29) is 24.3 Å². The van der Waals surface area contributed by atoms with Crippen molar-refractivity contribution in [2.75, 3.05) is 13.7 Å². The van der Waals surface area contributed by atoms with Crippen molar-refractivity contribution < 1.29 is 24.2 Å². The highest BCUT2D eigenvalue weighted by Crippen LogP contribution is 2.27. The van der Waals surface area contributed by atoms with Crippen LogP contribution >= 0.6 is 0 Å². The molecule has 184 valence electrons. The molecule has 2 N–H and O–H groups in total. The van der Waals surface area contributed by atoms with Gasteiger partial charge in [0, 0.05) is 26.5 Å². The first-order valence-corrected chi connectivity index (χ1v) is 12.2. The van der Waals surface area contributed by atoms with Gasteiger partial charge in [-0.2, -0.15) is 0 Å². The number of aliphatic carboxylic acids is 1. The number of benzene rings is 1. The molecule has 5 atom stereocenters. The number of amides is 2. The molecule has 0 spiro atoms. The number of ether oxygens (including phenoxy) is 1. The second-order valence-corrected chi connectivity index (χ2v) is 9.28. The van der Waals surface area contributed by atoms with E-state index in [4.69, 9.17) is 4.74 Å². The zero-order chi connectivity index (χ0) is 24.4. The van der Waals surface area contributed by atoms with Crippen LogP contribution in [0.3, 0.4) is 0 Å². The number of rotatable bonds is 13. The maximum absolute atomic E-state index is 13.0. The van der Waals surface area contributed by atoms with Crippen molar-refractivity contribution in [3.63, 3.8) is 0 Å². The van der Waals surface area contributed by atoms with Crippen LogP contribution in [0.4, 0.5) is 0 Å². The van der Waals surface area contributed by atoms with E-state index in [9.17, 15) is 19.5 Å². The minimum absolute atomic E-state index is 0.114. The SMILES string of the molecule is CC[C@H](C)CCCC(=O)N1CCCC1[C@H](OC)[C@@H](C)C(=O)N[C@@H](Cc1ccccc1)C(=O)O. The van der Waals surface area contributed by atoms with Crippen LogP contribution in [0.1, 0.15) is 64.9 Å². The van der Waals surface area contributed by atoms with Crippen molar-refractivity contribution in [3.8, 4) is 0 Å². The van der Waals surface area contributed by atoms with Crippen molar-refractivity contribution in [1.29, 1.82) is 0 Å². The predicted molar refractivity (Wildman–Crippen MR) is 128 cm³/mol. The van der Waals surface area contributed by atoms with Gasteiger partial charge in [0.05, 0.1) is 18.1 Å². The number of hydrogen-bond donors (Lipinski definition) is 2. The summed E-state index contributed by atoms with van der Waals surface area (Å²) in [5, 5.41) is 12.3. The molecule has 1 aliphatic heterocycles. The number of nitrogens with one attached hydrogen (secondary N) is 1. The smallest absolute Gasteiger partial charge is 0.326 e. The Morgan fingerprint density at radius 3 is 2.52 bits per heavy atom. The minimum Gasteiger partial charge on any atom is -0.480 e. The van der Waals surface area contributed by atoms with Gasteiger partial charge in [-0.05, 0) is 30.7 Å². The molecule has 2 amide bonds. The van der Waals surface area contributed by atoms with E-state index in [1.807, 2.05) is 35.2 Å². The van der Waals surface area contributed by atoms with E-state index >= 15 is 0 Å². The van der Waals surface area contributed by atoms with Gasteiger partial charge in [0.1, 0.15) is 6.04 Å². The van der Waals surface area contributed by atoms with Crippen molar-refractivity contribution in [2.45, 2.75) is 83.9 Å². The molecule has 1 aliphatic rings. The van der Waals surface area contributed by atoms with Gasteiger partial charge >= 0.3 is 5.97 Å². The fraction of sp³-hybridized carbons (Fsp3) is 0.654. The average Bonchev–Trinajstić information content (AvgIpc) is 3.29. The topological polar surface area (TPSA) is 95.9 Å². The van der Waals surface area contributed by atoms with Crippen LogP contribution in [0.5, 0.6) is 0 Å². The Hall–Kier alpha value is -2.41. The largest absolute Gasteiger partial charge is 0.480 e. The maximum atomic E-state index is 13.0. The minimum atomic E-state index is -1.08. The first kappa shape index (κ1) is 26.8. The molecular formula is C26H40N2O5. The Kier molecular flexibility index (Phi) is 10.8. The number of likely N-dealkylation sites (tertiary alicyclic amines) is 1. The van der Waals surface area contributed by atoms with Crippen LogP contribution in [-0.2, 0) is 25.5 Å². The molecule has 1 saturated heterocycles. The van der Waals surface area contributed by atoms with Crippen LogP contribution in [0.25, 0.3) is 0 Å². The van der Waals surface area contributed by atoms with E-state index in [1.165, 1.54) is 0 Å². The normalized spacial score (nSPS) is 19.5. The van der Waals surface area contributed by atoms with Crippen LogP contribution in [-0.4, -0.2) is 59.6 Å². The monoisotopic (exact) mass is 460 g/mol. The summed E-state index contributed by atoms with van der Waals surface area (Å²) in [6.07, 6.45) is 4.89. The second-order valence-electron chi connectivity index (χ2n) is 9.28. The standard InChI is InChI=1S/C26H40N2O5/c1-5-18(2)11-9-15-23(29)28-16-10-14-22(28)24(33-4)19(3)25(30)27-21(26(31)32)17-20-12-7-6-8-13-20/h6-8,12-13,18-19,21-22,24H,5,9-11,14-17H2,1-4H3,(H,27,30)(H,31,32)/t18-,19+,21-,22?,24+/m0/s1. The van der Waals surface area contributed by atoms with E-state index in [1.54, 1.807) is 14.0 Å². The molecule has 1 heterocycles. The van der Waals surface area contributed by atoms with Gasteiger partial charge in [-0.25, -0.2) is 4.79 Å². The lowest BCUT2D eigenvalue weighted by Gasteiger charge is -2.34. The highest BCUT2D eigenvalue weighted by Gasteiger charge is 2.40. The van der Waals surface area contributed by atoms with E-state index in [0.717, 1.165) is 37.7 Å². The zero-order valence-corrected chi connectivity index (χ0v) is 20.5. The lowest BCUT2D eigenvalue weighted by atomic mass is 9.94. The fourth-order valence-corrected chi connectivity index (χ4v) is 4.59. The molecule has 0 aliphatic carbocycles. The summed E-state index contributed by atoms with van der Waals surface area (Å²) in [5.41, 5.74) is 0.839. The number of nitrogens with zero attached hydrogens (tertiary/aromatic N) is 1. The molecule has 1 aromatic carbocycles. The fourth-order valence-electron chi connectivity index (χ4n) is 4.59. The molecule has 0 radical (unpaired) electrons. The number of carbonyl (C=O) groups excluding carboxylic acids is 2. The van der Waals surface area contributed by atoms with Gasteiger partial charge in [-0.3, -0.25) is 9.59 Å². The summed E-state index contributed by atoms with van der Waals surface area (Å²) in [5.74, 6) is -1.32. The van der Waals surface area contributed by atoms with Gasteiger partial charge in [0.15, 0.2) is 0 Å². The van der Waals surface area contributed by atoms with Gasteiger partial charge in [0.25, 0.3) is 0 Å². The van der Waals surface area contributed by atoms with Crippen molar-refractivity contribution >= 4 is 17.8 Å². The molecule has 7 nitrogen and oxygen atoms in total. The number of methoxy groups -OCH3 is 1. The van der Waals surface area contributed by atoms with Crippen LogP contribution in [0.15, 0.2) is 30.3 Å². The summed E-state index contributed by atoms with van der Waals surface area (Å²) in [6, 6.07) is 8.02. The third-order valence-electron chi connectivity index (χ3n) is 6.86. The first-order chi connectivity index (χ1) is 15.8. The molecule has 2 rings (SSSR count). The van der Waals surface area contributed by atoms with Crippen molar-refractivity contribution in [3.05, 3.63) is 35.9 Å². The first-order valence-electron chi connectivity index (χ1n) is 12.2. The highest BCUT2D eigenvalue weighted by atomic mass is 16.5. The Labute approximate surface area is 197 Å². The van der Waals surface area contributed by atoms with E-state index < -0.39 is 24.0 Å². The van der Waals surface area contributed by atoms with Gasteiger partial charge in [-0.15, -0.1) is 0 Å². The number of carbonyl (C=O) groups is 3. The van der Waals surface area contributed by atoms with Crippen LogP contribution in [0, 0.1) is 11.8 Å². The molecule has 0 aromatic heterocycles. The van der Waals surface area contributed by atoms with Crippen LogP contribution in [0.2, 0.25) is 0 Å². The zero-order valence-electron chi connectivity index (χ0n) is 20.5. The van der Waals surface area contributed by atoms with Crippen molar-refractivity contribution in [2.24, 2.45) is 11.8 Å². The summed E-state index contributed by atoms with van der Waals surface area (Å²) < 4.78 is 5.72. The number of carboxylic acids is 1. The number of hydrogen-bond acceptors (Lipinski definition) is 4. The Balaban J connectivity index is 2.00. The van der Waals surface area contributed by atoms with E-state index in [2.05, 4.69) is 19.2 Å². The predicted octanol–water partition coefficient (Wildman–Crippen LogP) is 3.66. The summed E-state index contributed by atoms with van der Waals surface area (Å²) in [4.78, 5) is 39.5. The maximum Gasteiger partial charge on any atom is 0.326 e. The molecule has 7 heteroatoms. The molecular weight excluding hydrogens is 420 g/mol. The lowest BCUT2D eigenvalue weighted by Crippen LogP contribution is -2.52. The molecule has 1 aromatic rings. The molecule has 33 heavy (non-hydrogen) atoms. The summed E-state index contributed by atoms with van der Waals surface area (Å²) >= 11 is 0. The Morgan fingerprint density at radius 1 is 1.21 bits per heavy atom. The Morgan fingerprint density at radius 2 is 1.91 bits per heavy atom. The van der Waals surface area contributed by atoms with E-state index in [0.29, 0.717) is 18.9 Å². The third-order valence-corrected chi connectivity index (χ3v) is 6.86. The summed E-state index contributed by atoms with van der Waals surface area (Å²) in [7, 11) is 1.55. The number of carboxylic acid groups (broad SMARTS) is 1. The summed E-state index contributed by atoms with van der Waals surface area (Å²) in [6.45, 7) is 6.78. The molecule has 1 unspecified atom stereocenters. The third kappa shape index (κ3) is 7.84. The Bertz CT molecular complexity index is 769. The average molecular weight is 461 g/mol. The van der Waals surface area contributed by atoms with Crippen LogP contribution < -0.4 is 5.32 Å². The van der Waals surface area contributed by atoms with Gasteiger partial charge in [0.2, 0.25) is 11.8 Å². The van der Waals surface area contributed by atoms with Gasteiger partial charge in [-0.1, -0.05) is 63.9 Å². The highest BCUT2D eigenvalue weighted by molar-refractivity contribution is 5.85. The molecule has 1 fully saturated rings.